The lowest BCUT2D eigenvalue weighted by Gasteiger charge is -2.25. The molecular weight excluding hydrogens is 438 g/mol. The van der Waals surface area contributed by atoms with Gasteiger partial charge in [0.1, 0.15) is 35.3 Å². The van der Waals surface area contributed by atoms with Crippen molar-refractivity contribution in [2.45, 2.75) is 71.8 Å². The Hall–Kier alpha value is -3.55. The molecule has 1 amide bonds. The van der Waals surface area contributed by atoms with E-state index in [1.165, 1.54) is 0 Å². The maximum Gasteiger partial charge on any atom is 0.413 e. The fraction of sp³-hybridized carbons (Fsp3) is 0.423. The summed E-state index contributed by atoms with van der Waals surface area (Å²) in [5.74, 6) is -0.568. The molecule has 0 fully saturated rings. The van der Waals surface area contributed by atoms with Gasteiger partial charge in [-0.1, -0.05) is 30.3 Å². The summed E-state index contributed by atoms with van der Waals surface area (Å²) in [5.41, 5.74) is -0.509. The summed E-state index contributed by atoms with van der Waals surface area (Å²) in [4.78, 5) is 37.2. The van der Waals surface area contributed by atoms with Crippen LogP contribution in [0, 0.1) is 0 Å². The minimum Gasteiger partial charge on any atom is -0.489 e. The molecule has 0 bridgehead atoms. The van der Waals surface area contributed by atoms with E-state index in [9.17, 15) is 14.4 Å². The Balaban J connectivity index is 1.97. The third kappa shape index (κ3) is 10.4. The van der Waals surface area contributed by atoms with Gasteiger partial charge in [0, 0.05) is 0 Å². The van der Waals surface area contributed by atoms with Crippen molar-refractivity contribution < 1.29 is 33.3 Å². The van der Waals surface area contributed by atoms with Crippen molar-refractivity contribution in [2.75, 3.05) is 0 Å². The van der Waals surface area contributed by atoms with E-state index >= 15 is 0 Å². The van der Waals surface area contributed by atoms with E-state index in [0.717, 1.165) is 5.56 Å². The molecule has 1 N–H and O–H groups in total. The number of hydrogen-bond acceptors (Lipinski definition) is 7. The van der Waals surface area contributed by atoms with Crippen LogP contribution >= 0.6 is 0 Å². The zero-order chi connectivity index (χ0) is 25.4. The summed E-state index contributed by atoms with van der Waals surface area (Å²) in [6, 6.07) is 14.9. The first kappa shape index (κ1) is 26.7. The highest BCUT2D eigenvalue weighted by atomic mass is 16.6. The molecule has 0 spiro atoms. The summed E-state index contributed by atoms with van der Waals surface area (Å²) in [6.07, 6.45) is -1.30. The molecule has 2 aromatic rings. The Kier molecular flexibility index (Phi) is 9.06. The second-order valence-corrected chi connectivity index (χ2v) is 9.66. The Morgan fingerprint density at radius 3 is 1.91 bits per heavy atom. The van der Waals surface area contributed by atoms with Crippen LogP contribution in [0.5, 0.6) is 11.5 Å². The van der Waals surface area contributed by atoms with Crippen LogP contribution < -0.4 is 14.8 Å². The van der Waals surface area contributed by atoms with Crippen molar-refractivity contribution in [3.05, 3.63) is 60.2 Å². The molecule has 0 aliphatic heterocycles. The Morgan fingerprint density at radius 1 is 0.794 bits per heavy atom. The van der Waals surface area contributed by atoms with Crippen LogP contribution in [-0.4, -0.2) is 35.3 Å². The van der Waals surface area contributed by atoms with Gasteiger partial charge in [0.25, 0.3) is 0 Å². The number of ether oxygens (including phenoxy) is 4. The lowest BCUT2D eigenvalue weighted by Crippen LogP contribution is -2.47. The quantitative estimate of drug-likeness (QED) is 0.552. The summed E-state index contributed by atoms with van der Waals surface area (Å²) in [5, 5.41) is 2.40. The summed E-state index contributed by atoms with van der Waals surface area (Å²) >= 11 is 0. The predicted molar refractivity (Wildman–Crippen MR) is 126 cm³/mol. The Bertz CT molecular complexity index is 957. The van der Waals surface area contributed by atoms with Gasteiger partial charge < -0.3 is 24.3 Å². The maximum absolute atomic E-state index is 12.6. The van der Waals surface area contributed by atoms with Crippen molar-refractivity contribution >= 4 is 18.0 Å². The lowest BCUT2D eigenvalue weighted by molar-refractivity contribution is -0.164. The number of hydrogen-bond donors (Lipinski definition) is 1. The van der Waals surface area contributed by atoms with Gasteiger partial charge >= 0.3 is 18.0 Å². The number of esters is 2. The average Bonchev–Trinajstić information content (AvgIpc) is 2.71. The van der Waals surface area contributed by atoms with E-state index in [1.807, 2.05) is 30.3 Å². The van der Waals surface area contributed by atoms with E-state index in [4.69, 9.17) is 18.9 Å². The van der Waals surface area contributed by atoms with Crippen molar-refractivity contribution in [2.24, 2.45) is 0 Å². The van der Waals surface area contributed by atoms with Crippen LogP contribution in [0.15, 0.2) is 54.6 Å². The van der Waals surface area contributed by atoms with Crippen LogP contribution in [0.1, 0.15) is 53.5 Å². The first-order chi connectivity index (χ1) is 15.8. The zero-order valence-electron chi connectivity index (χ0n) is 20.5. The van der Waals surface area contributed by atoms with Crippen LogP contribution in [-0.2, 0) is 25.7 Å². The van der Waals surface area contributed by atoms with Gasteiger partial charge in [-0.25, -0.2) is 9.59 Å². The molecule has 0 unspecified atom stereocenters. The third-order valence-corrected chi connectivity index (χ3v) is 4.06. The molecule has 0 saturated heterocycles. The Morgan fingerprint density at radius 2 is 1.35 bits per heavy atom. The van der Waals surface area contributed by atoms with Gasteiger partial charge in [-0.2, -0.15) is 0 Å². The molecule has 8 nitrogen and oxygen atoms in total. The number of amides is 1. The van der Waals surface area contributed by atoms with Crippen molar-refractivity contribution in [1.82, 2.24) is 5.32 Å². The molecule has 0 aliphatic carbocycles. The minimum absolute atomic E-state index is 0.241. The fourth-order valence-corrected chi connectivity index (χ4v) is 2.74. The summed E-state index contributed by atoms with van der Waals surface area (Å²) in [6.45, 7) is 10.6. The van der Waals surface area contributed by atoms with Crippen LogP contribution in [0.3, 0.4) is 0 Å². The highest BCUT2D eigenvalue weighted by Crippen LogP contribution is 2.19. The fourth-order valence-electron chi connectivity index (χ4n) is 2.74. The highest BCUT2D eigenvalue weighted by molar-refractivity contribution is 5.87. The third-order valence-electron chi connectivity index (χ3n) is 4.06. The molecule has 0 saturated carbocycles. The van der Waals surface area contributed by atoms with Crippen molar-refractivity contribution in [3.63, 3.8) is 0 Å². The minimum atomic E-state index is -1.27. The van der Waals surface area contributed by atoms with Crippen LogP contribution in [0.2, 0.25) is 0 Å². The van der Waals surface area contributed by atoms with E-state index < -0.39 is 41.7 Å². The number of nitrogens with one attached hydrogen (secondary N) is 1. The van der Waals surface area contributed by atoms with E-state index in [0.29, 0.717) is 12.4 Å². The molecule has 184 valence electrons. The topological polar surface area (TPSA) is 100 Å². The lowest BCUT2D eigenvalue weighted by atomic mass is 10.1. The molecule has 0 aromatic heterocycles. The maximum atomic E-state index is 12.6. The molecule has 34 heavy (non-hydrogen) atoms. The standard InChI is InChI=1S/C26H33NO7/c1-25(2,3)33-22(28)16-21(23(29)34-26(4,5)6)27-24(30)32-20-14-12-19(13-15-20)31-17-18-10-8-7-9-11-18/h7-15,21H,16-17H2,1-6H3,(H,27,30)/t21-/m0/s1. The zero-order valence-corrected chi connectivity index (χ0v) is 20.5. The molecular formula is C26H33NO7. The number of rotatable bonds is 8. The van der Waals surface area contributed by atoms with Gasteiger partial charge in [-0.05, 0) is 71.4 Å². The number of benzene rings is 2. The average molecular weight is 472 g/mol. The predicted octanol–water partition coefficient (Wildman–Crippen LogP) is 4.80. The van der Waals surface area contributed by atoms with E-state index in [2.05, 4.69) is 5.32 Å². The van der Waals surface area contributed by atoms with Crippen molar-refractivity contribution in [1.29, 1.82) is 0 Å². The number of carbonyl (C=O) groups excluding carboxylic acids is 3. The van der Waals surface area contributed by atoms with Gasteiger partial charge in [-0.3, -0.25) is 4.79 Å². The molecule has 2 aromatic carbocycles. The summed E-state index contributed by atoms with van der Waals surface area (Å²) < 4.78 is 21.6. The Labute approximate surface area is 200 Å². The summed E-state index contributed by atoms with van der Waals surface area (Å²) in [7, 11) is 0. The first-order valence-electron chi connectivity index (χ1n) is 11.0. The molecule has 1 atom stereocenters. The number of carbonyl (C=O) groups is 3. The second-order valence-electron chi connectivity index (χ2n) is 9.66. The SMILES string of the molecule is CC(C)(C)OC(=O)C[C@H](NC(=O)Oc1ccc(OCc2ccccc2)cc1)C(=O)OC(C)(C)C. The molecule has 2 rings (SSSR count). The molecule has 0 aliphatic rings. The van der Waals surface area contributed by atoms with Crippen LogP contribution in [0.25, 0.3) is 0 Å². The second kappa shape index (κ2) is 11.5. The van der Waals surface area contributed by atoms with Crippen molar-refractivity contribution in [3.8, 4) is 11.5 Å². The molecule has 0 radical (unpaired) electrons. The largest absolute Gasteiger partial charge is 0.489 e. The monoisotopic (exact) mass is 471 g/mol. The van der Waals surface area contributed by atoms with Gasteiger partial charge in [-0.15, -0.1) is 0 Å². The highest BCUT2D eigenvalue weighted by Gasteiger charge is 2.31. The first-order valence-corrected chi connectivity index (χ1v) is 11.0. The normalized spacial score (nSPS) is 12.3. The van der Waals surface area contributed by atoms with Gasteiger partial charge in [0.2, 0.25) is 0 Å². The molecule has 0 heterocycles. The van der Waals surface area contributed by atoms with Crippen LogP contribution in [0.4, 0.5) is 4.79 Å². The van der Waals surface area contributed by atoms with E-state index in [-0.39, 0.29) is 5.75 Å². The van der Waals surface area contributed by atoms with E-state index in [1.54, 1.807) is 65.8 Å². The van der Waals surface area contributed by atoms with Gasteiger partial charge in [0.15, 0.2) is 0 Å². The van der Waals surface area contributed by atoms with Gasteiger partial charge in [0.05, 0.1) is 6.42 Å². The smallest absolute Gasteiger partial charge is 0.413 e. The molecule has 8 heteroatoms.